The number of aromatic amines is 1. The first kappa shape index (κ1) is 18.1. The molecule has 0 saturated carbocycles. The summed E-state index contributed by atoms with van der Waals surface area (Å²) in [6.07, 6.45) is 0.632. The zero-order chi connectivity index (χ0) is 18.8. The maximum atomic E-state index is 12.7. The number of aromatic nitrogens is 3. The highest BCUT2D eigenvalue weighted by Gasteiger charge is 2.16. The van der Waals surface area contributed by atoms with Crippen molar-refractivity contribution in [2.45, 2.75) is 40.5 Å². The van der Waals surface area contributed by atoms with Gasteiger partial charge >= 0.3 is 0 Å². The van der Waals surface area contributed by atoms with E-state index in [1.54, 1.807) is 0 Å². The van der Waals surface area contributed by atoms with E-state index in [1.807, 2.05) is 52.0 Å². The fraction of sp³-hybridized carbons (Fsp3) is 0.316. The summed E-state index contributed by atoms with van der Waals surface area (Å²) in [6, 6.07) is 7.63. The first-order valence-corrected chi connectivity index (χ1v) is 9.29. The highest BCUT2D eigenvalue weighted by atomic mass is 32.1. The molecule has 0 saturated heterocycles. The zero-order valence-corrected chi connectivity index (χ0v) is 16.2. The highest BCUT2D eigenvalue weighted by molar-refractivity contribution is 7.14. The Morgan fingerprint density at radius 1 is 1.23 bits per heavy atom. The molecule has 2 heterocycles. The van der Waals surface area contributed by atoms with E-state index < -0.39 is 0 Å². The van der Waals surface area contributed by atoms with Crippen LogP contribution in [0.1, 0.15) is 33.8 Å². The molecule has 1 aromatic carbocycles. The van der Waals surface area contributed by atoms with Crippen LogP contribution in [0.2, 0.25) is 0 Å². The number of anilines is 1. The minimum absolute atomic E-state index is 0.105. The third kappa shape index (κ3) is 3.62. The van der Waals surface area contributed by atoms with Gasteiger partial charge in [0.2, 0.25) is 11.0 Å². The Kier molecular flexibility index (Phi) is 5.08. The molecule has 0 unspecified atom stereocenters. The Hall–Kier alpha value is -2.67. The number of carbonyl (C=O) groups is 1. The molecule has 0 fully saturated rings. The molecule has 0 radical (unpaired) electrons. The molecular formula is C19H22N4O2S. The molecule has 0 atom stereocenters. The van der Waals surface area contributed by atoms with Gasteiger partial charge in [0.05, 0.1) is 5.69 Å². The number of nitrogens with zero attached hydrogens (tertiary/aromatic N) is 2. The van der Waals surface area contributed by atoms with Crippen LogP contribution in [0.15, 0.2) is 29.1 Å². The monoisotopic (exact) mass is 370 g/mol. The summed E-state index contributed by atoms with van der Waals surface area (Å²) in [7, 11) is 0. The molecule has 0 aliphatic heterocycles. The molecule has 2 N–H and O–H groups in total. The van der Waals surface area contributed by atoms with E-state index in [0.717, 1.165) is 27.5 Å². The molecule has 2 aromatic heterocycles. The standard InChI is InChI=1S/C19H22N4O2S/c1-11-7-5-6-8-16(11)21-17(24)10-9-15-13(3)22-23(18(15)25)19-20-12(2)14(4)26-19/h5-8,22H,9-10H2,1-4H3,(H,21,24). The summed E-state index contributed by atoms with van der Waals surface area (Å²) in [5.41, 5.74) is 3.98. The lowest BCUT2D eigenvalue weighted by molar-refractivity contribution is -0.116. The van der Waals surface area contributed by atoms with Gasteiger partial charge in [-0.25, -0.2) is 4.98 Å². The van der Waals surface area contributed by atoms with Gasteiger partial charge < -0.3 is 5.32 Å². The third-order valence-electron chi connectivity index (χ3n) is 4.42. The van der Waals surface area contributed by atoms with E-state index in [4.69, 9.17) is 0 Å². The van der Waals surface area contributed by atoms with Crippen LogP contribution in [-0.2, 0) is 11.2 Å². The van der Waals surface area contributed by atoms with Crippen LogP contribution in [-0.4, -0.2) is 20.7 Å². The average molecular weight is 370 g/mol. The predicted octanol–water partition coefficient (Wildman–Crippen LogP) is 3.43. The first-order valence-electron chi connectivity index (χ1n) is 8.47. The molecule has 26 heavy (non-hydrogen) atoms. The number of nitrogens with one attached hydrogen (secondary N) is 2. The van der Waals surface area contributed by atoms with E-state index in [1.165, 1.54) is 16.0 Å². The summed E-state index contributed by atoms with van der Waals surface area (Å²) in [5.74, 6) is -0.105. The number of aryl methyl sites for hydroxylation is 4. The molecule has 0 spiro atoms. The van der Waals surface area contributed by atoms with Gasteiger partial charge in [0.1, 0.15) is 0 Å². The topological polar surface area (TPSA) is 79.8 Å². The predicted molar refractivity (Wildman–Crippen MR) is 104 cm³/mol. The van der Waals surface area contributed by atoms with Crippen molar-refractivity contribution >= 4 is 22.9 Å². The van der Waals surface area contributed by atoms with Crippen molar-refractivity contribution in [1.82, 2.24) is 14.8 Å². The van der Waals surface area contributed by atoms with Crippen molar-refractivity contribution in [3.63, 3.8) is 0 Å². The van der Waals surface area contributed by atoms with E-state index in [2.05, 4.69) is 15.4 Å². The van der Waals surface area contributed by atoms with Crippen molar-refractivity contribution in [1.29, 1.82) is 0 Å². The van der Waals surface area contributed by atoms with Crippen molar-refractivity contribution < 1.29 is 4.79 Å². The van der Waals surface area contributed by atoms with Gasteiger partial charge in [-0.1, -0.05) is 29.5 Å². The van der Waals surface area contributed by atoms with E-state index in [-0.39, 0.29) is 17.9 Å². The fourth-order valence-corrected chi connectivity index (χ4v) is 3.60. The van der Waals surface area contributed by atoms with Gasteiger partial charge in [0, 0.05) is 28.2 Å². The van der Waals surface area contributed by atoms with Crippen molar-refractivity contribution in [2.75, 3.05) is 5.32 Å². The molecule has 1 amide bonds. The number of hydrogen-bond donors (Lipinski definition) is 2. The molecule has 0 aliphatic rings. The molecule has 3 aromatic rings. The van der Waals surface area contributed by atoms with E-state index in [0.29, 0.717) is 17.1 Å². The molecule has 0 bridgehead atoms. The van der Waals surface area contributed by atoms with Crippen LogP contribution in [0.3, 0.4) is 0 Å². The summed E-state index contributed by atoms with van der Waals surface area (Å²) < 4.78 is 1.47. The maximum absolute atomic E-state index is 12.7. The summed E-state index contributed by atoms with van der Waals surface area (Å²) >= 11 is 1.47. The number of amides is 1. The number of carbonyl (C=O) groups excluding carboxylic acids is 1. The van der Waals surface area contributed by atoms with Crippen LogP contribution < -0.4 is 10.9 Å². The normalized spacial score (nSPS) is 10.9. The molecular weight excluding hydrogens is 348 g/mol. The SMILES string of the molecule is Cc1ccccc1NC(=O)CCc1c(C)[nH]n(-c2nc(C)c(C)s2)c1=O. The Labute approximate surface area is 155 Å². The number of rotatable bonds is 5. The molecule has 0 aliphatic carbocycles. The van der Waals surface area contributed by atoms with Crippen LogP contribution >= 0.6 is 11.3 Å². The van der Waals surface area contributed by atoms with Gasteiger partial charge in [0.25, 0.3) is 5.56 Å². The second-order valence-electron chi connectivity index (χ2n) is 6.36. The Balaban J connectivity index is 1.73. The minimum atomic E-state index is -0.139. The first-order chi connectivity index (χ1) is 12.4. The Bertz CT molecular complexity index is 993. The lowest BCUT2D eigenvalue weighted by Crippen LogP contribution is -2.19. The molecule has 7 heteroatoms. The quantitative estimate of drug-likeness (QED) is 0.722. The van der Waals surface area contributed by atoms with E-state index in [9.17, 15) is 9.59 Å². The van der Waals surface area contributed by atoms with Crippen LogP contribution in [0, 0.1) is 27.7 Å². The minimum Gasteiger partial charge on any atom is -0.326 e. The van der Waals surface area contributed by atoms with Crippen molar-refractivity contribution in [3.05, 3.63) is 62.0 Å². The largest absolute Gasteiger partial charge is 0.326 e. The van der Waals surface area contributed by atoms with Crippen LogP contribution in [0.25, 0.3) is 5.13 Å². The van der Waals surface area contributed by atoms with Gasteiger partial charge in [-0.2, -0.15) is 4.68 Å². The second kappa shape index (κ2) is 7.29. The smallest absolute Gasteiger partial charge is 0.276 e. The third-order valence-corrected chi connectivity index (χ3v) is 5.48. The lowest BCUT2D eigenvalue weighted by atomic mass is 10.1. The number of hydrogen-bond acceptors (Lipinski definition) is 4. The van der Waals surface area contributed by atoms with Crippen LogP contribution in [0.4, 0.5) is 5.69 Å². The number of benzene rings is 1. The maximum Gasteiger partial charge on any atom is 0.276 e. The summed E-state index contributed by atoms with van der Waals surface area (Å²) in [4.78, 5) is 30.5. The van der Waals surface area contributed by atoms with Crippen molar-refractivity contribution in [2.24, 2.45) is 0 Å². The average Bonchev–Trinajstić information content (AvgIpc) is 3.07. The summed E-state index contributed by atoms with van der Waals surface area (Å²) in [5, 5.41) is 6.60. The van der Waals surface area contributed by atoms with E-state index >= 15 is 0 Å². The van der Waals surface area contributed by atoms with Gasteiger partial charge in [-0.3, -0.25) is 14.7 Å². The summed E-state index contributed by atoms with van der Waals surface area (Å²) in [6.45, 7) is 7.70. The number of thiazole rings is 1. The van der Waals surface area contributed by atoms with Crippen molar-refractivity contribution in [3.8, 4) is 5.13 Å². The van der Waals surface area contributed by atoms with Gasteiger partial charge in [-0.15, -0.1) is 0 Å². The Morgan fingerprint density at radius 2 is 1.96 bits per heavy atom. The van der Waals surface area contributed by atoms with Gasteiger partial charge in [0.15, 0.2) is 0 Å². The molecule has 6 nitrogen and oxygen atoms in total. The number of H-pyrrole nitrogens is 1. The second-order valence-corrected chi connectivity index (χ2v) is 7.54. The molecule has 136 valence electrons. The number of para-hydroxylation sites is 1. The van der Waals surface area contributed by atoms with Gasteiger partial charge in [-0.05, 0) is 45.7 Å². The van der Waals surface area contributed by atoms with Crippen LogP contribution in [0.5, 0.6) is 0 Å². The zero-order valence-electron chi connectivity index (χ0n) is 15.3. The fourth-order valence-electron chi connectivity index (χ4n) is 2.73. The lowest BCUT2D eigenvalue weighted by Gasteiger charge is -2.07. The Morgan fingerprint density at radius 3 is 2.62 bits per heavy atom. The molecule has 3 rings (SSSR count). The highest BCUT2D eigenvalue weighted by Crippen LogP contribution is 2.19.